The molecule has 9 heavy (non-hydrogen) atoms. The summed E-state index contributed by atoms with van der Waals surface area (Å²) in [6.45, 7) is 4.44. The van der Waals surface area contributed by atoms with Crippen LogP contribution in [0.1, 0.15) is 13.8 Å². The van der Waals surface area contributed by atoms with Gasteiger partial charge < -0.3 is 4.90 Å². The minimum Gasteiger partial charge on any atom is -0.335 e. The predicted octanol–water partition coefficient (Wildman–Crippen LogP) is 2.14. The van der Waals surface area contributed by atoms with Gasteiger partial charge in [0.25, 0.3) is 0 Å². The molecule has 1 unspecified atom stereocenters. The van der Waals surface area contributed by atoms with Crippen LogP contribution in [0.25, 0.3) is 0 Å². The highest BCUT2D eigenvalue weighted by Gasteiger charge is 2.31. The summed E-state index contributed by atoms with van der Waals surface area (Å²) >= 11 is 1.83. The average molecular weight is 139 g/mol. The molecule has 0 aromatic heterocycles. The first-order valence-corrected chi connectivity index (χ1v) is 4.01. The van der Waals surface area contributed by atoms with Crippen molar-refractivity contribution in [2.45, 2.75) is 19.9 Å². The Morgan fingerprint density at radius 3 is 3.11 bits per heavy atom. The fraction of sp³-hybridized carbons (Fsp3) is 0.429. The van der Waals surface area contributed by atoms with Gasteiger partial charge in [0.05, 0.1) is 11.1 Å². The third kappa shape index (κ3) is 0.517. The molecule has 1 atom stereocenters. The number of rotatable bonds is 0. The molecule has 0 fully saturated rings. The van der Waals surface area contributed by atoms with Crippen molar-refractivity contribution in [1.29, 1.82) is 0 Å². The second kappa shape index (κ2) is 1.57. The van der Waals surface area contributed by atoms with Gasteiger partial charge in [0, 0.05) is 6.20 Å². The molecule has 2 heterocycles. The van der Waals surface area contributed by atoms with Crippen molar-refractivity contribution >= 4 is 11.8 Å². The lowest BCUT2D eigenvalue weighted by atomic mass is 10.0. The van der Waals surface area contributed by atoms with Gasteiger partial charge in [-0.25, -0.2) is 0 Å². The van der Waals surface area contributed by atoms with E-state index in [0.29, 0.717) is 6.04 Å². The summed E-state index contributed by atoms with van der Waals surface area (Å²) in [5.74, 6) is 0. The topological polar surface area (TPSA) is 3.24 Å². The quantitative estimate of drug-likeness (QED) is 0.506. The Morgan fingerprint density at radius 2 is 2.44 bits per heavy atom. The lowest BCUT2D eigenvalue weighted by Crippen LogP contribution is -2.36. The molecule has 0 N–H and O–H groups in total. The van der Waals surface area contributed by atoms with Crippen molar-refractivity contribution in [3.05, 3.63) is 22.2 Å². The average Bonchev–Trinajstić information content (AvgIpc) is 2.30. The maximum Gasteiger partial charge on any atom is 0.0806 e. The summed E-state index contributed by atoms with van der Waals surface area (Å²) in [5.41, 5.74) is 1.53. The van der Waals surface area contributed by atoms with E-state index in [0.717, 1.165) is 0 Å². The summed E-state index contributed by atoms with van der Waals surface area (Å²) in [6.07, 6.45) is 2.15. The van der Waals surface area contributed by atoms with Crippen LogP contribution < -0.4 is 0 Å². The van der Waals surface area contributed by atoms with Crippen LogP contribution in [0.5, 0.6) is 0 Å². The van der Waals surface area contributed by atoms with Crippen molar-refractivity contribution in [2.24, 2.45) is 0 Å². The molecule has 1 nitrogen and oxygen atoms in total. The van der Waals surface area contributed by atoms with E-state index in [1.807, 2.05) is 11.8 Å². The van der Waals surface area contributed by atoms with Gasteiger partial charge in [0.1, 0.15) is 0 Å². The summed E-state index contributed by atoms with van der Waals surface area (Å²) in [4.78, 5) is 2.31. The first-order chi connectivity index (χ1) is 4.30. The Kier molecular flexibility index (Phi) is 0.943. The Morgan fingerprint density at radius 1 is 1.67 bits per heavy atom. The van der Waals surface area contributed by atoms with Gasteiger partial charge >= 0.3 is 0 Å². The SMILES string of the molecule is CC1=C2SC=CN2C1C. The Bertz CT molecular complexity index is 205. The lowest BCUT2D eigenvalue weighted by Gasteiger charge is -2.37. The van der Waals surface area contributed by atoms with Crippen LogP contribution >= 0.6 is 11.8 Å². The number of nitrogens with zero attached hydrogens (tertiary/aromatic N) is 1. The highest BCUT2D eigenvalue weighted by molar-refractivity contribution is 8.06. The highest BCUT2D eigenvalue weighted by Crippen LogP contribution is 2.43. The van der Waals surface area contributed by atoms with Crippen molar-refractivity contribution in [2.75, 3.05) is 0 Å². The zero-order valence-corrected chi connectivity index (χ0v) is 6.40. The fourth-order valence-electron chi connectivity index (χ4n) is 1.21. The molecule has 0 aromatic carbocycles. The molecule has 48 valence electrons. The van der Waals surface area contributed by atoms with Crippen LogP contribution in [0.15, 0.2) is 22.2 Å². The van der Waals surface area contributed by atoms with E-state index in [9.17, 15) is 0 Å². The van der Waals surface area contributed by atoms with Crippen LogP contribution in [-0.2, 0) is 0 Å². The van der Waals surface area contributed by atoms with E-state index in [2.05, 4.69) is 30.4 Å². The molecule has 2 rings (SSSR count). The van der Waals surface area contributed by atoms with Gasteiger partial charge in [-0.15, -0.1) is 0 Å². The monoisotopic (exact) mass is 139 g/mol. The van der Waals surface area contributed by atoms with Crippen LogP contribution in [0.4, 0.5) is 0 Å². The van der Waals surface area contributed by atoms with Crippen molar-refractivity contribution < 1.29 is 0 Å². The van der Waals surface area contributed by atoms with Crippen molar-refractivity contribution in [1.82, 2.24) is 4.90 Å². The molecule has 0 bridgehead atoms. The third-order valence-electron chi connectivity index (χ3n) is 2.02. The normalized spacial score (nSPS) is 30.9. The molecule has 0 saturated carbocycles. The number of fused-ring (bicyclic) bond motifs is 1. The molecule has 2 heteroatoms. The van der Waals surface area contributed by atoms with E-state index in [1.54, 1.807) is 0 Å². The Balaban J connectivity index is 2.36. The molecule has 0 aromatic rings. The number of thioether (sulfide) groups is 1. The number of hydrogen-bond acceptors (Lipinski definition) is 2. The molecule has 2 aliphatic heterocycles. The van der Waals surface area contributed by atoms with Gasteiger partial charge in [-0.3, -0.25) is 0 Å². The maximum atomic E-state index is 2.31. The van der Waals surface area contributed by atoms with E-state index in [4.69, 9.17) is 0 Å². The second-order valence-electron chi connectivity index (χ2n) is 2.47. The zero-order chi connectivity index (χ0) is 6.43. The summed E-state index contributed by atoms with van der Waals surface area (Å²) in [7, 11) is 0. The summed E-state index contributed by atoms with van der Waals surface area (Å²) in [6, 6.07) is 0.659. The standard InChI is InChI=1S/C7H9NS/c1-5-6(2)8-3-4-9-7(5)8/h3-4,6H,1-2H3. The molecular formula is C7H9NS. The first kappa shape index (κ1) is 5.42. The van der Waals surface area contributed by atoms with Gasteiger partial charge in [-0.1, -0.05) is 11.8 Å². The summed E-state index contributed by atoms with van der Waals surface area (Å²) < 4.78 is 0. The van der Waals surface area contributed by atoms with E-state index >= 15 is 0 Å². The van der Waals surface area contributed by atoms with Gasteiger partial charge in [0.15, 0.2) is 0 Å². The zero-order valence-electron chi connectivity index (χ0n) is 5.59. The molecule has 0 radical (unpaired) electrons. The highest BCUT2D eigenvalue weighted by atomic mass is 32.2. The van der Waals surface area contributed by atoms with E-state index in [1.165, 1.54) is 10.6 Å². The minimum atomic E-state index is 0.659. The van der Waals surface area contributed by atoms with Gasteiger partial charge in [0.2, 0.25) is 0 Å². The van der Waals surface area contributed by atoms with Gasteiger partial charge in [-0.05, 0) is 24.8 Å². The third-order valence-corrected chi connectivity index (χ3v) is 3.03. The second-order valence-corrected chi connectivity index (χ2v) is 3.37. The molecule has 0 spiro atoms. The molecule has 0 amide bonds. The number of hydrogen-bond donors (Lipinski definition) is 0. The molecule has 0 aliphatic carbocycles. The Hall–Kier alpha value is -0.370. The van der Waals surface area contributed by atoms with Gasteiger partial charge in [-0.2, -0.15) is 0 Å². The van der Waals surface area contributed by atoms with Crippen LogP contribution in [-0.4, -0.2) is 10.9 Å². The van der Waals surface area contributed by atoms with Crippen LogP contribution in [0.2, 0.25) is 0 Å². The van der Waals surface area contributed by atoms with Crippen LogP contribution in [0, 0.1) is 0 Å². The lowest BCUT2D eigenvalue weighted by molar-refractivity contribution is 0.364. The molecular weight excluding hydrogens is 130 g/mol. The largest absolute Gasteiger partial charge is 0.335 e. The minimum absolute atomic E-state index is 0.659. The van der Waals surface area contributed by atoms with Crippen molar-refractivity contribution in [3.63, 3.8) is 0 Å². The maximum absolute atomic E-state index is 2.31. The van der Waals surface area contributed by atoms with E-state index in [-0.39, 0.29) is 0 Å². The fourth-order valence-corrected chi connectivity index (χ4v) is 2.23. The predicted molar refractivity (Wildman–Crippen MR) is 40.7 cm³/mol. The van der Waals surface area contributed by atoms with E-state index < -0.39 is 0 Å². The smallest absolute Gasteiger partial charge is 0.0806 e. The van der Waals surface area contributed by atoms with Crippen LogP contribution in [0.3, 0.4) is 0 Å². The Labute approximate surface area is 59.4 Å². The molecule has 2 aliphatic rings. The molecule has 0 saturated heterocycles. The summed E-state index contributed by atoms with van der Waals surface area (Å²) in [5, 5.41) is 3.59. The van der Waals surface area contributed by atoms with Crippen molar-refractivity contribution in [3.8, 4) is 0 Å². The first-order valence-electron chi connectivity index (χ1n) is 3.13.